The number of allylic oxidation sites excluding steroid dienone is 2. The fourth-order valence-electron chi connectivity index (χ4n) is 1.97. The van der Waals surface area contributed by atoms with Crippen LogP contribution < -0.4 is 5.69 Å². The molecule has 0 saturated carbocycles. The number of aromatic nitrogens is 2. The molecule has 1 aromatic heterocycles. The van der Waals surface area contributed by atoms with E-state index in [9.17, 15) is 19.7 Å². The van der Waals surface area contributed by atoms with E-state index in [1.807, 2.05) is 0 Å². The summed E-state index contributed by atoms with van der Waals surface area (Å²) in [6.07, 6.45) is 1.00. The van der Waals surface area contributed by atoms with Crippen LogP contribution in [0.5, 0.6) is 0 Å². The van der Waals surface area contributed by atoms with E-state index in [0.29, 0.717) is 5.70 Å². The van der Waals surface area contributed by atoms with Gasteiger partial charge in [-0.25, -0.2) is 9.36 Å². The van der Waals surface area contributed by atoms with Gasteiger partial charge in [0, 0.05) is 17.8 Å². The first-order chi connectivity index (χ1) is 9.38. The fourth-order valence-corrected chi connectivity index (χ4v) is 1.97. The maximum atomic E-state index is 12.2. The van der Waals surface area contributed by atoms with E-state index in [-0.39, 0.29) is 16.7 Å². The Morgan fingerprint density at radius 3 is 2.50 bits per heavy atom. The van der Waals surface area contributed by atoms with Gasteiger partial charge in [0.2, 0.25) is 0 Å². The molecule has 0 aliphatic heterocycles. The number of nitrogens with zero attached hydrogens (tertiary/aromatic N) is 3. The predicted molar refractivity (Wildman–Crippen MR) is 74.7 cm³/mol. The van der Waals surface area contributed by atoms with Crippen molar-refractivity contribution in [3.05, 3.63) is 58.0 Å². The van der Waals surface area contributed by atoms with Crippen molar-refractivity contribution in [3.63, 3.8) is 0 Å². The summed E-state index contributed by atoms with van der Waals surface area (Å²) in [5.41, 5.74) is 0.0881. The van der Waals surface area contributed by atoms with Crippen LogP contribution in [0.15, 0.2) is 42.2 Å². The molecule has 102 valence electrons. The molecule has 0 fully saturated rings. The summed E-state index contributed by atoms with van der Waals surface area (Å²) in [4.78, 5) is 34.3. The molecule has 1 heterocycles. The van der Waals surface area contributed by atoms with Crippen molar-refractivity contribution in [1.29, 1.82) is 0 Å². The monoisotopic (exact) mass is 273 g/mol. The van der Waals surface area contributed by atoms with E-state index < -0.39 is 16.5 Å². The molecule has 2 aromatic rings. The summed E-state index contributed by atoms with van der Waals surface area (Å²) in [6.45, 7) is 8.56. The highest BCUT2D eigenvalue weighted by atomic mass is 16.6. The number of non-ortho nitro benzene ring substituents is 1. The van der Waals surface area contributed by atoms with Crippen LogP contribution in [0, 0.1) is 10.1 Å². The molecule has 0 aliphatic rings. The van der Waals surface area contributed by atoms with Gasteiger partial charge < -0.3 is 0 Å². The highest BCUT2D eigenvalue weighted by Crippen LogP contribution is 2.22. The third-order valence-electron chi connectivity index (χ3n) is 2.81. The number of hydrogen-bond donors (Lipinski definition) is 0. The minimum Gasteiger partial charge on any atom is -0.269 e. The highest BCUT2D eigenvalue weighted by molar-refractivity contribution is 5.97. The average Bonchev–Trinajstić information content (AvgIpc) is 2.68. The Bertz CT molecular complexity index is 826. The van der Waals surface area contributed by atoms with Crippen molar-refractivity contribution in [1.82, 2.24) is 9.13 Å². The van der Waals surface area contributed by atoms with E-state index in [1.54, 1.807) is 6.92 Å². The molecule has 0 amide bonds. The fraction of sp³-hybridized carbons (Fsp3) is 0.0769. The summed E-state index contributed by atoms with van der Waals surface area (Å²) >= 11 is 0. The lowest BCUT2D eigenvalue weighted by atomic mass is 10.2. The number of carbonyl (C=O) groups is 1. The second-order valence-electron chi connectivity index (χ2n) is 4.16. The van der Waals surface area contributed by atoms with E-state index >= 15 is 0 Å². The van der Waals surface area contributed by atoms with Crippen LogP contribution >= 0.6 is 0 Å². The Labute approximate surface area is 113 Å². The lowest BCUT2D eigenvalue weighted by Gasteiger charge is -1.99. The molecular formula is C13H11N3O4. The Balaban J connectivity index is 2.98. The van der Waals surface area contributed by atoms with Crippen LogP contribution in [-0.4, -0.2) is 20.0 Å². The predicted octanol–water partition coefficient (Wildman–Crippen LogP) is 2.03. The molecule has 0 atom stereocenters. The van der Waals surface area contributed by atoms with Crippen molar-refractivity contribution in [2.24, 2.45) is 0 Å². The van der Waals surface area contributed by atoms with E-state index in [0.717, 1.165) is 15.2 Å². The van der Waals surface area contributed by atoms with E-state index in [1.165, 1.54) is 18.2 Å². The normalized spacial score (nSPS) is 10.4. The van der Waals surface area contributed by atoms with Crippen LogP contribution in [0.4, 0.5) is 5.69 Å². The van der Waals surface area contributed by atoms with Crippen molar-refractivity contribution in [2.45, 2.75) is 6.92 Å². The molecule has 0 N–H and O–H groups in total. The molecule has 0 aliphatic carbocycles. The molecule has 0 saturated heterocycles. The number of fused-ring (bicyclic) bond motifs is 1. The molecule has 1 aromatic carbocycles. The average molecular weight is 273 g/mol. The summed E-state index contributed by atoms with van der Waals surface area (Å²) in [5.74, 6) is -0.603. The molecular weight excluding hydrogens is 262 g/mol. The topological polar surface area (TPSA) is 87.1 Å². The zero-order chi connectivity index (χ0) is 15.0. The lowest BCUT2D eigenvalue weighted by Crippen LogP contribution is -2.27. The minimum atomic E-state index is -0.627. The number of nitro benzene ring substituents is 1. The van der Waals surface area contributed by atoms with Gasteiger partial charge >= 0.3 is 5.69 Å². The minimum absolute atomic E-state index is 0.171. The van der Waals surface area contributed by atoms with Crippen LogP contribution in [0.25, 0.3) is 16.7 Å². The zero-order valence-corrected chi connectivity index (χ0v) is 10.7. The molecule has 0 spiro atoms. The number of benzene rings is 1. The maximum Gasteiger partial charge on any atom is 0.340 e. The number of rotatable bonds is 3. The van der Waals surface area contributed by atoms with Crippen molar-refractivity contribution in [3.8, 4) is 0 Å². The Morgan fingerprint density at radius 1 is 1.35 bits per heavy atom. The van der Waals surface area contributed by atoms with Crippen LogP contribution in [0.3, 0.4) is 0 Å². The van der Waals surface area contributed by atoms with E-state index in [2.05, 4.69) is 13.2 Å². The van der Waals surface area contributed by atoms with Gasteiger partial charge in [-0.2, -0.15) is 0 Å². The SMILES string of the molecule is C=CC(=O)n1c(=O)n(C(=C)C)c2cc([N+](=O)[O-])ccc21. The summed E-state index contributed by atoms with van der Waals surface area (Å²) in [7, 11) is 0. The standard InChI is InChI=1S/C13H11N3O4/c1-4-12(17)15-10-6-5-9(16(19)20)7-11(10)14(8(2)3)13(15)18/h4-7H,1-2H2,3H3. The molecule has 0 bridgehead atoms. The molecule has 7 nitrogen and oxygen atoms in total. The van der Waals surface area contributed by atoms with Gasteiger partial charge in [0.1, 0.15) is 0 Å². The second-order valence-corrected chi connectivity index (χ2v) is 4.16. The number of carbonyl (C=O) groups excluding carboxylic acids is 1. The maximum absolute atomic E-state index is 12.2. The second kappa shape index (κ2) is 4.61. The summed E-state index contributed by atoms with van der Waals surface area (Å²) < 4.78 is 2.06. The Hall–Kier alpha value is -2.96. The van der Waals surface area contributed by atoms with Gasteiger partial charge in [0.15, 0.2) is 0 Å². The van der Waals surface area contributed by atoms with Crippen LogP contribution in [-0.2, 0) is 0 Å². The van der Waals surface area contributed by atoms with E-state index in [4.69, 9.17) is 0 Å². The number of imidazole rings is 1. The highest BCUT2D eigenvalue weighted by Gasteiger charge is 2.19. The first kappa shape index (κ1) is 13.5. The summed E-state index contributed by atoms with van der Waals surface area (Å²) in [6, 6.07) is 3.82. The first-order valence-corrected chi connectivity index (χ1v) is 5.63. The number of nitro groups is 1. The van der Waals surface area contributed by atoms with Crippen LogP contribution in [0.2, 0.25) is 0 Å². The third-order valence-corrected chi connectivity index (χ3v) is 2.81. The summed E-state index contributed by atoms with van der Waals surface area (Å²) in [5, 5.41) is 10.8. The molecule has 0 unspecified atom stereocenters. The smallest absolute Gasteiger partial charge is 0.269 e. The van der Waals surface area contributed by atoms with Crippen LogP contribution in [0.1, 0.15) is 11.7 Å². The van der Waals surface area contributed by atoms with Gasteiger partial charge in [-0.15, -0.1) is 0 Å². The van der Waals surface area contributed by atoms with Gasteiger partial charge in [0.05, 0.1) is 16.0 Å². The lowest BCUT2D eigenvalue weighted by molar-refractivity contribution is -0.384. The van der Waals surface area contributed by atoms with Gasteiger partial charge in [-0.1, -0.05) is 13.2 Å². The Morgan fingerprint density at radius 2 is 2.00 bits per heavy atom. The van der Waals surface area contributed by atoms with Gasteiger partial charge in [-0.3, -0.25) is 19.5 Å². The largest absolute Gasteiger partial charge is 0.340 e. The van der Waals surface area contributed by atoms with Crippen molar-refractivity contribution < 1.29 is 9.72 Å². The molecule has 20 heavy (non-hydrogen) atoms. The van der Waals surface area contributed by atoms with Gasteiger partial charge in [-0.05, 0) is 19.1 Å². The molecule has 7 heteroatoms. The van der Waals surface area contributed by atoms with Gasteiger partial charge in [0.25, 0.3) is 11.6 Å². The Kier molecular flexibility index (Phi) is 3.11. The number of hydrogen-bond acceptors (Lipinski definition) is 4. The molecule has 2 rings (SSSR count). The van der Waals surface area contributed by atoms with Crippen molar-refractivity contribution >= 4 is 28.3 Å². The van der Waals surface area contributed by atoms with Crippen molar-refractivity contribution in [2.75, 3.05) is 0 Å². The first-order valence-electron chi connectivity index (χ1n) is 5.63. The third kappa shape index (κ3) is 1.85. The quantitative estimate of drug-likeness (QED) is 0.486. The molecule has 0 radical (unpaired) electrons. The zero-order valence-electron chi connectivity index (χ0n) is 10.7.